The Morgan fingerprint density at radius 3 is 2.90 bits per heavy atom. The molecule has 1 unspecified atom stereocenters. The van der Waals surface area contributed by atoms with E-state index in [1.807, 2.05) is 7.05 Å². The van der Waals surface area contributed by atoms with Crippen molar-refractivity contribution in [1.82, 2.24) is 14.8 Å². The molecule has 1 amide bonds. The van der Waals surface area contributed by atoms with Crippen molar-refractivity contribution in [2.45, 2.75) is 17.3 Å². The van der Waals surface area contributed by atoms with Crippen LogP contribution in [0, 0.1) is 0 Å². The van der Waals surface area contributed by atoms with Gasteiger partial charge in [0.15, 0.2) is 5.16 Å². The van der Waals surface area contributed by atoms with Gasteiger partial charge in [-0.1, -0.05) is 23.4 Å². The summed E-state index contributed by atoms with van der Waals surface area (Å²) in [6, 6.07) is 4.95. The molecule has 0 aliphatic heterocycles. The third-order valence-electron chi connectivity index (χ3n) is 2.59. The molecular formula is C12H14ClN5OS. The van der Waals surface area contributed by atoms with Crippen molar-refractivity contribution >= 4 is 40.6 Å². The monoisotopic (exact) mass is 311 g/mol. The van der Waals surface area contributed by atoms with E-state index in [0.29, 0.717) is 21.6 Å². The quantitative estimate of drug-likeness (QED) is 0.667. The van der Waals surface area contributed by atoms with Crippen LogP contribution in [0.3, 0.4) is 0 Å². The largest absolute Gasteiger partial charge is 0.397 e. The molecule has 1 atom stereocenters. The summed E-state index contributed by atoms with van der Waals surface area (Å²) in [5.74, 6) is -0.160. The molecular weight excluding hydrogens is 298 g/mol. The normalized spacial score (nSPS) is 12.2. The molecule has 6 nitrogen and oxygen atoms in total. The second kappa shape index (κ2) is 6.15. The van der Waals surface area contributed by atoms with E-state index in [-0.39, 0.29) is 11.2 Å². The van der Waals surface area contributed by atoms with E-state index in [1.54, 1.807) is 36.0 Å². The number of amides is 1. The third kappa shape index (κ3) is 3.43. The molecule has 106 valence electrons. The average molecular weight is 312 g/mol. The van der Waals surface area contributed by atoms with E-state index in [0.717, 1.165) is 0 Å². The highest BCUT2D eigenvalue weighted by molar-refractivity contribution is 8.00. The number of hydrogen-bond acceptors (Lipinski definition) is 5. The number of nitrogen functional groups attached to an aromatic ring is 1. The molecule has 0 fully saturated rings. The fourth-order valence-electron chi connectivity index (χ4n) is 1.47. The van der Waals surface area contributed by atoms with Crippen molar-refractivity contribution < 1.29 is 4.79 Å². The van der Waals surface area contributed by atoms with Crippen molar-refractivity contribution in [1.29, 1.82) is 0 Å². The molecule has 1 aromatic heterocycles. The van der Waals surface area contributed by atoms with Gasteiger partial charge in [0.1, 0.15) is 6.33 Å². The molecule has 1 aromatic carbocycles. The van der Waals surface area contributed by atoms with Crippen molar-refractivity contribution in [2.24, 2.45) is 7.05 Å². The minimum Gasteiger partial charge on any atom is -0.397 e. The Labute approximate surface area is 125 Å². The molecule has 0 saturated carbocycles. The Hall–Kier alpha value is -1.73. The smallest absolute Gasteiger partial charge is 0.237 e. The van der Waals surface area contributed by atoms with Crippen molar-refractivity contribution in [2.75, 3.05) is 11.1 Å². The molecule has 0 bridgehead atoms. The topological polar surface area (TPSA) is 85.8 Å². The predicted octanol–water partition coefficient (Wildman–Crippen LogP) is 2.17. The van der Waals surface area contributed by atoms with Gasteiger partial charge in [-0.2, -0.15) is 0 Å². The highest BCUT2D eigenvalue weighted by atomic mass is 35.5. The lowest BCUT2D eigenvalue weighted by molar-refractivity contribution is -0.115. The molecule has 2 aromatic rings. The number of nitrogens with zero attached hydrogens (tertiary/aromatic N) is 3. The van der Waals surface area contributed by atoms with Gasteiger partial charge in [0.2, 0.25) is 5.91 Å². The van der Waals surface area contributed by atoms with Crippen LogP contribution in [0.2, 0.25) is 5.02 Å². The zero-order valence-electron chi connectivity index (χ0n) is 11.0. The summed E-state index contributed by atoms with van der Waals surface area (Å²) in [5.41, 5.74) is 6.78. The SMILES string of the molecule is CC(Sc1nncn1C)C(=O)Nc1ccc(Cl)cc1N. The maximum Gasteiger partial charge on any atom is 0.237 e. The second-order valence-electron chi connectivity index (χ2n) is 4.21. The molecule has 1 heterocycles. The summed E-state index contributed by atoms with van der Waals surface area (Å²) in [6.07, 6.45) is 1.59. The number of thioether (sulfide) groups is 1. The zero-order chi connectivity index (χ0) is 14.7. The molecule has 0 aliphatic rings. The highest BCUT2D eigenvalue weighted by Crippen LogP contribution is 2.25. The molecule has 3 N–H and O–H groups in total. The van der Waals surface area contributed by atoms with Gasteiger partial charge in [-0.25, -0.2) is 0 Å². The van der Waals surface area contributed by atoms with Gasteiger partial charge in [0.25, 0.3) is 0 Å². The number of nitrogens with one attached hydrogen (secondary N) is 1. The predicted molar refractivity (Wildman–Crippen MR) is 80.8 cm³/mol. The van der Waals surface area contributed by atoms with Crippen LogP contribution in [0.4, 0.5) is 11.4 Å². The summed E-state index contributed by atoms with van der Waals surface area (Å²) < 4.78 is 1.76. The standard InChI is InChI=1S/C12H14ClN5OS/c1-7(20-12-17-15-6-18(12)2)11(19)16-10-4-3-8(13)5-9(10)14/h3-7H,14H2,1-2H3,(H,16,19). The van der Waals surface area contributed by atoms with Crippen LogP contribution in [0.15, 0.2) is 29.7 Å². The lowest BCUT2D eigenvalue weighted by Crippen LogP contribution is -2.23. The fourth-order valence-corrected chi connectivity index (χ4v) is 2.44. The molecule has 8 heteroatoms. The van der Waals surface area contributed by atoms with Crippen molar-refractivity contribution in [3.05, 3.63) is 29.5 Å². The maximum absolute atomic E-state index is 12.1. The number of benzene rings is 1. The number of hydrogen-bond donors (Lipinski definition) is 2. The van der Waals surface area contributed by atoms with Gasteiger partial charge in [-0.3, -0.25) is 4.79 Å². The van der Waals surface area contributed by atoms with Crippen molar-refractivity contribution in [3.63, 3.8) is 0 Å². The number of carbonyl (C=O) groups excluding carboxylic acids is 1. The van der Waals surface area contributed by atoms with E-state index in [9.17, 15) is 4.79 Å². The van der Waals surface area contributed by atoms with Gasteiger partial charge >= 0.3 is 0 Å². The number of halogens is 1. The Bertz CT molecular complexity index is 630. The maximum atomic E-state index is 12.1. The highest BCUT2D eigenvalue weighted by Gasteiger charge is 2.18. The Morgan fingerprint density at radius 2 is 2.30 bits per heavy atom. The summed E-state index contributed by atoms with van der Waals surface area (Å²) in [7, 11) is 1.82. The molecule has 0 radical (unpaired) electrons. The number of aromatic nitrogens is 3. The third-order valence-corrected chi connectivity index (χ3v) is 3.98. The van der Waals surface area contributed by atoms with Gasteiger partial charge in [0.05, 0.1) is 16.6 Å². The van der Waals surface area contributed by atoms with Crippen molar-refractivity contribution in [3.8, 4) is 0 Å². The van der Waals surface area contributed by atoms with Gasteiger partial charge in [-0.05, 0) is 25.1 Å². The second-order valence-corrected chi connectivity index (χ2v) is 5.95. The first-order chi connectivity index (χ1) is 9.47. The first kappa shape index (κ1) is 14.7. The number of anilines is 2. The lowest BCUT2D eigenvalue weighted by atomic mass is 10.2. The van der Waals surface area contributed by atoms with Crippen LogP contribution in [0.5, 0.6) is 0 Å². The Morgan fingerprint density at radius 1 is 1.55 bits per heavy atom. The van der Waals surface area contributed by atoms with Crippen LogP contribution in [-0.2, 0) is 11.8 Å². The number of aryl methyl sites for hydroxylation is 1. The average Bonchev–Trinajstić information content (AvgIpc) is 2.78. The van der Waals surface area contributed by atoms with E-state index >= 15 is 0 Å². The first-order valence-electron chi connectivity index (χ1n) is 5.84. The van der Waals surface area contributed by atoms with E-state index < -0.39 is 0 Å². The molecule has 2 rings (SSSR count). The summed E-state index contributed by atoms with van der Waals surface area (Å²) in [6.45, 7) is 1.79. The molecule has 20 heavy (non-hydrogen) atoms. The summed E-state index contributed by atoms with van der Waals surface area (Å²) in [5, 5.41) is 11.3. The lowest BCUT2D eigenvalue weighted by Gasteiger charge is -2.12. The van der Waals surface area contributed by atoms with Crippen LogP contribution in [0.1, 0.15) is 6.92 Å². The van der Waals surface area contributed by atoms with Crippen LogP contribution in [0.25, 0.3) is 0 Å². The minimum absolute atomic E-state index is 0.160. The summed E-state index contributed by atoms with van der Waals surface area (Å²) in [4.78, 5) is 12.1. The zero-order valence-corrected chi connectivity index (χ0v) is 12.6. The first-order valence-corrected chi connectivity index (χ1v) is 7.09. The molecule has 0 saturated heterocycles. The number of nitrogens with two attached hydrogens (primary N) is 1. The fraction of sp³-hybridized carbons (Fsp3) is 0.250. The van der Waals surface area contributed by atoms with E-state index in [1.165, 1.54) is 11.8 Å². The number of rotatable bonds is 4. The Kier molecular flexibility index (Phi) is 4.51. The minimum atomic E-state index is -0.326. The van der Waals surface area contributed by atoms with E-state index in [2.05, 4.69) is 15.5 Å². The molecule has 0 aliphatic carbocycles. The van der Waals surface area contributed by atoms with E-state index in [4.69, 9.17) is 17.3 Å². The van der Waals surface area contributed by atoms with Crippen LogP contribution in [-0.4, -0.2) is 25.9 Å². The number of carbonyl (C=O) groups is 1. The van der Waals surface area contributed by atoms with Crippen LogP contribution >= 0.6 is 23.4 Å². The van der Waals surface area contributed by atoms with Gasteiger partial charge in [0, 0.05) is 12.1 Å². The van der Waals surface area contributed by atoms with Gasteiger partial charge < -0.3 is 15.6 Å². The summed E-state index contributed by atoms with van der Waals surface area (Å²) >= 11 is 7.14. The molecule has 0 spiro atoms. The Balaban J connectivity index is 2.02. The van der Waals surface area contributed by atoms with Gasteiger partial charge in [-0.15, -0.1) is 10.2 Å². The van der Waals surface area contributed by atoms with Crippen LogP contribution < -0.4 is 11.1 Å².